The van der Waals surface area contributed by atoms with Gasteiger partial charge < -0.3 is 14.7 Å². The van der Waals surface area contributed by atoms with Gasteiger partial charge in [0.25, 0.3) is 5.91 Å². The SMILES string of the molecule is CC(C)COC1CCN(C(=O)c2ccc(C(=O)O)nc2)CC1. The molecule has 1 aliphatic rings. The van der Waals surface area contributed by atoms with Crippen LogP contribution in [0.4, 0.5) is 0 Å². The maximum Gasteiger partial charge on any atom is 0.354 e. The van der Waals surface area contributed by atoms with Gasteiger partial charge in [0.1, 0.15) is 5.69 Å². The monoisotopic (exact) mass is 306 g/mol. The fourth-order valence-electron chi connectivity index (χ4n) is 2.38. The highest BCUT2D eigenvalue weighted by atomic mass is 16.5. The molecule has 1 aliphatic heterocycles. The molecular weight excluding hydrogens is 284 g/mol. The summed E-state index contributed by atoms with van der Waals surface area (Å²) in [5.41, 5.74) is 0.365. The summed E-state index contributed by atoms with van der Waals surface area (Å²) in [5, 5.41) is 8.81. The van der Waals surface area contributed by atoms with Crippen LogP contribution in [0.1, 0.15) is 47.5 Å². The molecule has 0 bridgehead atoms. The molecule has 1 aromatic heterocycles. The number of carboxylic acid groups (broad SMARTS) is 1. The van der Waals surface area contributed by atoms with Gasteiger partial charge in [-0.2, -0.15) is 0 Å². The van der Waals surface area contributed by atoms with E-state index >= 15 is 0 Å². The zero-order valence-electron chi connectivity index (χ0n) is 13.0. The second-order valence-electron chi connectivity index (χ2n) is 5.96. The third-order valence-corrected chi connectivity index (χ3v) is 3.62. The second kappa shape index (κ2) is 7.35. The maximum absolute atomic E-state index is 12.4. The highest BCUT2D eigenvalue weighted by molar-refractivity contribution is 5.94. The van der Waals surface area contributed by atoms with Gasteiger partial charge in [0.2, 0.25) is 0 Å². The number of hydrogen-bond acceptors (Lipinski definition) is 4. The van der Waals surface area contributed by atoms with Crippen LogP contribution in [0.15, 0.2) is 18.3 Å². The van der Waals surface area contributed by atoms with Crippen LogP contribution < -0.4 is 0 Å². The number of ether oxygens (including phenoxy) is 1. The number of hydrogen-bond donors (Lipinski definition) is 1. The Morgan fingerprint density at radius 1 is 1.36 bits per heavy atom. The molecule has 0 spiro atoms. The van der Waals surface area contributed by atoms with Crippen LogP contribution in [0, 0.1) is 5.92 Å². The van der Waals surface area contributed by atoms with Crippen LogP contribution >= 0.6 is 0 Å². The first kappa shape index (κ1) is 16.4. The molecular formula is C16H22N2O4. The molecule has 0 aromatic carbocycles. The van der Waals surface area contributed by atoms with Gasteiger partial charge in [-0.25, -0.2) is 9.78 Å². The minimum Gasteiger partial charge on any atom is -0.477 e. The lowest BCUT2D eigenvalue weighted by atomic mass is 10.1. The Morgan fingerprint density at radius 3 is 2.55 bits per heavy atom. The molecule has 0 atom stereocenters. The second-order valence-corrected chi connectivity index (χ2v) is 5.96. The zero-order valence-corrected chi connectivity index (χ0v) is 13.0. The number of likely N-dealkylation sites (tertiary alicyclic amines) is 1. The van der Waals surface area contributed by atoms with Crippen molar-refractivity contribution < 1.29 is 19.4 Å². The normalized spacial score (nSPS) is 16.0. The standard InChI is InChI=1S/C16H22N2O4/c1-11(2)10-22-13-5-7-18(8-6-13)15(19)12-3-4-14(16(20)21)17-9-12/h3-4,9,11,13H,5-8,10H2,1-2H3,(H,20,21). The van der Waals surface area contributed by atoms with Gasteiger partial charge in [-0.15, -0.1) is 0 Å². The van der Waals surface area contributed by atoms with Crippen molar-refractivity contribution in [1.29, 1.82) is 0 Å². The number of piperidine rings is 1. The van der Waals surface area contributed by atoms with Gasteiger partial charge in [0.15, 0.2) is 0 Å². The molecule has 6 nitrogen and oxygen atoms in total. The van der Waals surface area contributed by atoms with Crippen LogP contribution in [-0.2, 0) is 4.74 Å². The average Bonchev–Trinajstić information content (AvgIpc) is 2.53. The van der Waals surface area contributed by atoms with Crippen LogP contribution in [0.2, 0.25) is 0 Å². The molecule has 1 saturated heterocycles. The largest absolute Gasteiger partial charge is 0.477 e. The first-order valence-electron chi connectivity index (χ1n) is 7.57. The summed E-state index contributed by atoms with van der Waals surface area (Å²) in [4.78, 5) is 28.7. The lowest BCUT2D eigenvalue weighted by molar-refractivity contribution is -0.00232. The smallest absolute Gasteiger partial charge is 0.354 e. The number of nitrogens with zero attached hydrogens (tertiary/aromatic N) is 2. The number of carbonyl (C=O) groups is 2. The van der Waals surface area contributed by atoms with Crippen molar-refractivity contribution in [1.82, 2.24) is 9.88 Å². The van der Waals surface area contributed by atoms with Crippen molar-refractivity contribution in [2.24, 2.45) is 5.92 Å². The lowest BCUT2D eigenvalue weighted by Gasteiger charge is -2.32. The molecule has 0 saturated carbocycles. The van der Waals surface area contributed by atoms with Gasteiger partial charge in [0, 0.05) is 25.9 Å². The van der Waals surface area contributed by atoms with E-state index in [0.717, 1.165) is 19.4 Å². The van der Waals surface area contributed by atoms with Crippen LogP contribution in [-0.4, -0.2) is 52.7 Å². The molecule has 2 rings (SSSR count). The van der Waals surface area contributed by atoms with E-state index in [1.54, 1.807) is 4.90 Å². The fourth-order valence-corrected chi connectivity index (χ4v) is 2.38. The number of aromatic carboxylic acids is 1. The number of pyridine rings is 1. The number of amides is 1. The van der Waals surface area contributed by atoms with Crippen molar-refractivity contribution in [3.05, 3.63) is 29.6 Å². The van der Waals surface area contributed by atoms with E-state index in [9.17, 15) is 9.59 Å². The van der Waals surface area contributed by atoms with Crippen molar-refractivity contribution in [2.45, 2.75) is 32.8 Å². The van der Waals surface area contributed by atoms with Crippen LogP contribution in [0.25, 0.3) is 0 Å². The van der Waals surface area contributed by atoms with Crippen molar-refractivity contribution in [3.63, 3.8) is 0 Å². The Bertz CT molecular complexity index is 519. The van der Waals surface area contributed by atoms with E-state index in [1.165, 1.54) is 18.3 Å². The Morgan fingerprint density at radius 2 is 2.05 bits per heavy atom. The molecule has 0 unspecified atom stereocenters. The Balaban J connectivity index is 1.88. The predicted octanol–water partition coefficient (Wildman–Crippen LogP) is 2.06. The molecule has 1 fully saturated rings. The Hall–Kier alpha value is -1.95. The van der Waals surface area contributed by atoms with Gasteiger partial charge >= 0.3 is 5.97 Å². The molecule has 120 valence electrons. The summed E-state index contributed by atoms with van der Waals surface area (Å²) in [6.07, 6.45) is 3.21. The minimum atomic E-state index is -1.10. The number of carboxylic acids is 1. The lowest BCUT2D eigenvalue weighted by Crippen LogP contribution is -2.41. The van der Waals surface area contributed by atoms with Crippen molar-refractivity contribution in [2.75, 3.05) is 19.7 Å². The highest BCUT2D eigenvalue weighted by Gasteiger charge is 2.24. The topological polar surface area (TPSA) is 79.7 Å². The van der Waals surface area contributed by atoms with Crippen molar-refractivity contribution >= 4 is 11.9 Å². The quantitative estimate of drug-likeness (QED) is 0.900. The van der Waals surface area contributed by atoms with Crippen LogP contribution in [0.3, 0.4) is 0 Å². The molecule has 1 N–H and O–H groups in total. The average molecular weight is 306 g/mol. The summed E-state index contributed by atoms with van der Waals surface area (Å²) in [7, 11) is 0. The summed E-state index contributed by atoms with van der Waals surface area (Å²) >= 11 is 0. The molecule has 0 radical (unpaired) electrons. The Labute approximate surface area is 130 Å². The third kappa shape index (κ3) is 4.27. The molecule has 0 aliphatic carbocycles. The van der Waals surface area contributed by atoms with Gasteiger partial charge in [-0.05, 0) is 30.9 Å². The minimum absolute atomic E-state index is 0.0580. The Kier molecular flexibility index (Phi) is 5.49. The number of carbonyl (C=O) groups excluding carboxylic acids is 1. The van der Waals surface area contributed by atoms with Crippen LogP contribution in [0.5, 0.6) is 0 Å². The number of aromatic nitrogens is 1. The fraction of sp³-hybridized carbons (Fsp3) is 0.562. The zero-order chi connectivity index (χ0) is 16.1. The predicted molar refractivity (Wildman–Crippen MR) is 80.9 cm³/mol. The molecule has 22 heavy (non-hydrogen) atoms. The summed E-state index contributed by atoms with van der Waals surface area (Å²) in [6, 6.07) is 2.87. The van der Waals surface area contributed by atoms with E-state index in [4.69, 9.17) is 9.84 Å². The molecule has 6 heteroatoms. The molecule has 1 aromatic rings. The first-order valence-corrected chi connectivity index (χ1v) is 7.57. The van der Waals surface area contributed by atoms with E-state index in [-0.39, 0.29) is 17.7 Å². The van der Waals surface area contributed by atoms with E-state index in [1.807, 2.05) is 0 Å². The third-order valence-electron chi connectivity index (χ3n) is 3.62. The van der Waals surface area contributed by atoms with E-state index in [2.05, 4.69) is 18.8 Å². The van der Waals surface area contributed by atoms with Gasteiger partial charge in [-0.1, -0.05) is 13.8 Å². The molecule has 1 amide bonds. The summed E-state index contributed by atoms with van der Waals surface area (Å²) < 4.78 is 5.80. The first-order chi connectivity index (χ1) is 10.5. The van der Waals surface area contributed by atoms with Gasteiger partial charge in [-0.3, -0.25) is 4.79 Å². The summed E-state index contributed by atoms with van der Waals surface area (Å²) in [6.45, 7) is 6.29. The van der Waals surface area contributed by atoms with Gasteiger partial charge in [0.05, 0.1) is 11.7 Å². The number of rotatable bonds is 5. The van der Waals surface area contributed by atoms with Crippen molar-refractivity contribution in [3.8, 4) is 0 Å². The van der Waals surface area contributed by atoms with E-state index in [0.29, 0.717) is 24.6 Å². The summed E-state index contributed by atoms with van der Waals surface area (Å²) in [5.74, 6) is -0.688. The molecule has 2 heterocycles. The maximum atomic E-state index is 12.4. The van der Waals surface area contributed by atoms with E-state index < -0.39 is 5.97 Å². The highest BCUT2D eigenvalue weighted by Crippen LogP contribution is 2.17.